The number of thioether (sulfide) groups is 2. The SMILES string of the molecule is CSC(SC)=C1c2ccccc2N(c2ccccc2)c2cc(C)ccc21. The Morgan fingerprint density at radius 3 is 2.12 bits per heavy atom. The van der Waals surface area contributed by atoms with E-state index < -0.39 is 0 Å². The number of rotatable bonds is 3. The van der Waals surface area contributed by atoms with Gasteiger partial charge in [-0.1, -0.05) is 48.5 Å². The summed E-state index contributed by atoms with van der Waals surface area (Å²) in [4.78, 5) is 2.39. The van der Waals surface area contributed by atoms with Crippen LogP contribution in [0.5, 0.6) is 0 Å². The van der Waals surface area contributed by atoms with E-state index in [4.69, 9.17) is 0 Å². The van der Waals surface area contributed by atoms with Crippen molar-refractivity contribution in [3.05, 3.63) is 93.7 Å². The average Bonchev–Trinajstić information content (AvgIpc) is 2.69. The molecule has 0 fully saturated rings. The van der Waals surface area contributed by atoms with Gasteiger partial charge in [0.2, 0.25) is 0 Å². The van der Waals surface area contributed by atoms with Crippen LogP contribution in [0.25, 0.3) is 5.57 Å². The predicted octanol–water partition coefficient (Wildman–Crippen LogP) is 7.22. The second kappa shape index (κ2) is 7.26. The minimum Gasteiger partial charge on any atom is -0.309 e. The van der Waals surface area contributed by atoms with E-state index in [-0.39, 0.29) is 0 Å². The Morgan fingerprint density at radius 1 is 0.731 bits per heavy atom. The first-order chi connectivity index (χ1) is 12.7. The highest BCUT2D eigenvalue weighted by atomic mass is 32.2. The molecule has 0 radical (unpaired) electrons. The van der Waals surface area contributed by atoms with Crippen molar-refractivity contribution < 1.29 is 0 Å². The van der Waals surface area contributed by atoms with E-state index in [1.54, 1.807) is 0 Å². The molecule has 0 aliphatic carbocycles. The van der Waals surface area contributed by atoms with Gasteiger partial charge in [-0.25, -0.2) is 0 Å². The van der Waals surface area contributed by atoms with Crippen molar-refractivity contribution >= 4 is 46.2 Å². The Bertz CT molecular complexity index is 971. The summed E-state index contributed by atoms with van der Waals surface area (Å²) in [5.41, 5.74) is 8.92. The molecule has 4 rings (SSSR count). The second-order valence-corrected chi connectivity index (χ2v) is 8.17. The molecular formula is C23H21NS2. The quantitative estimate of drug-likeness (QED) is 0.372. The predicted molar refractivity (Wildman–Crippen MR) is 119 cm³/mol. The average molecular weight is 376 g/mol. The summed E-state index contributed by atoms with van der Waals surface area (Å²) in [6.45, 7) is 2.16. The maximum Gasteiger partial charge on any atom is 0.0543 e. The molecule has 3 heteroatoms. The zero-order valence-electron chi connectivity index (χ0n) is 15.2. The second-order valence-electron chi connectivity index (χ2n) is 6.28. The number of benzene rings is 3. The first-order valence-electron chi connectivity index (χ1n) is 8.62. The zero-order valence-corrected chi connectivity index (χ0v) is 16.8. The Balaban J connectivity index is 2.09. The van der Waals surface area contributed by atoms with E-state index in [1.165, 1.54) is 43.6 Å². The Morgan fingerprint density at radius 2 is 1.38 bits per heavy atom. The molecule has 0 amide bonds. The van der Waals surface area contributed by atoms with E-state index in [1.807, 2.05) is 23.5 Å². The summed E-state index contributed by atoms with van der Waals surface area (Å²) in [6.07, 6.45) is 4.33. The van der Waals surface area contributed by atoms with Crippen LogP contribution in [0.15, 0.2) is 77.0 Å². The molecule has 0 atom stereocenters. The van der Waals surface area contributed by atoms with Crippen molar-refractivity contribution in [3.63, 3.8) is 0 Å². The maximum absolute atomic E-state index is 2.39. The standard InChI is InChI=1S/C23H21NS2/c1-16-13-14-19-21(15-16)24(17-9-5-4-6-10-17)20-12-8-7-11-18(20)22(19)23(25-2)26-3/h4-15H,1-3H3. The Labute approximate surface area is 164 Å². The van der Waals surface area contributed by atoms with Crippen LogP contribution in [0.3, 0.4) is 0 Å². The highest BCUT2D eigenvalue weighted by Gasteiger charge is 2.29. The summed E-state index contributed by atoms with van der Waals surface area (Å²) in [5.74, 6) is 0. The van der Waals surface area contributed by atoms with Crippen molar-refractivity contribution in [2.75, 3.05) is 17.4 Å². The van der Waals surface area contributed by atoms with Crippen LogP contribution in [0.2, 0.25) is 0 Å². The van der Waals surface area contributed by atoms with Crippen LogP contribution in [-0.4, -0.2) is 12.5 Å². The molecule has 0 unspecified atom stereocenters. The summed E-state index contributed by atoms with van der Waals surface area (Å²) >= 11 is 3.66. The number of aryl methyl sites for hydroxylation is 1. The lowest BCUT2D eigenvalue weighted by molar-refractivity contribution is 1.23. The number of para-hydroxylation sites is 2. The van der Waals surface area contributed by atoms with Gasteiger partial charge in [0.25, 0.3) is 0 Å². The van der Waals surface area contributed by atoms with Gasteiger partial charge < -0.3 is 4.90 Å². The molecule has 3 aromatic rings. The highest BCUT2D eigenvalue weighted by molar-refractivity contribution is 8.21. The third-order valence-electron chi connectivity index (χ3n) is 4.67. The third kappa shape index (κ3) is 2.85. The van der Waals surface area contributed by atoms with E-state index in [0.29, 0.717) is 0 Å². The number of nitrogens with zero attached hydrogens (tertiary/aromatic N) is 1. The topological polar surface area (TPSA) is 3.24 Å². The molecule has 26 heavy (non-hydrogen) atoms. The van der Waals surface area contributed by atoms with E-state index in [0.717, 1.165) is 0 Å². The minimum absolute atomic E-state index is 1.20. The number of fused-ring (bicyclic) bond motifs is 2. The number of hydrogen-bond acceptors (Lipinski definition) is 3. The minimum atomic E-state index is 1.20. The summed E-state index contributed by atoms with van der Waals surface area (Å²) < 4.78 is 1.36. The molecule has 0 N–H and O–H groups in total. The summed E-state index contributed by atoms with van der Waals surface area (Å²) in [6, 6.07) is 26.2. The van der Waals surface area contributed by atoms with Crippen LogP contribution in [-0.2, 0) is 0 Å². The van der Waals surface area contributed by atoms with Crippen LogP contribution >= 0.6 is 23.5 Å². The van der Waals surface area contributed by atoms with Gasteiger partial charge in [-0.15, -0.1) is 23.5 Å². The molecule has 0 saturated carbocycles. The van der Waals surface area contributed by atoms with Crippen LogP contribution in [0.1, 0.15) is 16.7 Å². The molecular weight excluding hydrogens is 354 g/mol. The maximum atomic E-state index is 2.39. The monoisotopic (exact) mass is 375 g/mol. The van der Waals surface area contributed by atoms with Gasteiger partial charge in [-0.2, -0.15) is 0 Å². The lowest BCUT2D eigenvalue weighted by Crippen LogP contribution is -2.18. The number of anilines is 3. The summed E-state index contributed by atoms with van der Waals surface area (Å²) in [5, 5.41) is 0. The van der Waals surface area contributed by atoms with Gasteiger partial charge in [0.05, 0.1) is 11.4 Å². The molecule has 0 aromatic heterocycles. The van der Waals surface area contributed by atoms with Gasteiger partial charge in [-0.3, -0.25) is 0 Å². The highest BCUT2D eigenvalue weighted by Crippen LogP contribution is 2.52. The van der Waals surface area contributed by atoms with E-state index >= 15 is 0 Å². The molecule has 0 saturated heterocycles. The van der Waals surface area contributed by atoms with Crippen LogP contribution in [0, 0.1) is 6.92 Å². The fourth-order valence-electron chi connectivity index (χ4n) is 3.56. The smallest absolute Gasteiger partial charge is 0.0543 e. The molecule has 0 bridgehead atoms. The van der Waals surface area contributed by atoms with Gasteiger partial charge >= 0.3 is 0 Å². The van der Waals surface area contributed by atoms with E-state index in [2.05, 4.69) is 97.1 Å². The van der Waals surface area contributed by atoms with Gasteiger partial charge in [0.15, 0.2) is 0 Å². The first kappa shape index (κ1) is 17.3. The molecule has 1 aliphatic rings. The molecule has 0 spiro atoms. The normalized spacial score (nSPS) is 12.6. The lowest BCUT2D eigenvalue weighted by atomic mass is 9.90. The van der Waals surface area contributed by atoms with Crippen molar-refractivity contribution in [1.82, 2.24) is 0 Å². The molecule has 3 aromatic carbocycles. The third-order valence-corrected chi connectivity index (χ3v) is 6.82. The Kier molecular flexibility index (Phi) is 4.84. The van der Waals surface area contributed by atoms with Crippen LogP contribution in [0.4, 0.5) is 17.1 Å². The first-order valence-corrected chi connectivity index (χ1v) is 11.1. The van der Waals surface area contributed by atoms with Crippen LogP contribution < -0.4 is 4.90 Å². The molecule has 1 aliphatic heterocycles. The van der Waals surface area contributed by atoms with E-state index in [9.17, 15) is 0 Å². The fourth-order valence-corrected chi connectivity index (χ4v) is 5.07. The molecule has 1 nitrogen and oxygen atoms in total. The van der Waals surface area contributed by atoms with Crippen molar-refractivity contribution in [2.45, 2.75) is 6.92 Å². The van der Waals surface area contributed by atoms with Crippen molar-refractivity contribution in [3.8, 4) is 0 Å². The van der Waals surface area contributed by atoms with Crippen molar-refractivity contribution in [1.29, 1.82) is 0 Å². The largest absolute Gasteiger partial charge is 0.309 e. The molecule has 1 heterocycles. The number of hydrogen-bond donors (Lipinski definition) is 0. The molecule has 130 valence electrons. The van der Waals surface area contributed by atoms with Gasteiger partial charge in [-0.05, 0) is 49.3 Å². The lowest BCUT2D eigenvalue weighted by Gasteiger charge is -2.35. The van der Waals surface area contributed by atoms with Gasteiger partial charge in [0.1, 0.15) is 0 Å². The van der Waals surface area contributed by atoms with Gasteiger partial charge in [0, 0.05) is 26.6 Å². The summed E-state index contributed by atoms with van der Waals surface area (Å²) in [7, 11) is 0. The van der Waals surface area contributed by atoms with Crippen molar-refractivity contribution in [2.24, 2.45) is 0 Å². The Hall–Kier alpha value is -2.10. The zero-order chi connectivity index (χ0) is 18.1. The fraction of sp³-hybridized carbons (Fsp3) is 0.130.